The van der Waals surface area contributed by atoms with E-state index in [0.29, 0.717) is 6.10 Å². The van der Waals surface area contributed by atoms with Gasteiger partial charge in [-0.25, -0.2) is 0 Å². The molecule has 2 heterocycles. The number of aromatic nitrogens is 2. The molecule has 5 nitrogen and oxygen atoms in total. The zero-order chi connectivity index (χ0) is 11.2. The number of ether oxygens (including phenoxy) is 1. The van der Waals surface area contributed by atoms with Crippen molar-refractivity contribution in [3.05, 3.63) is 18.0 Å². The highest BCUT2D eigenvalue weighted by atomic mass is 16.5. The van der Waals surface area contributed by atoms with Crippen LogP contribution in [-0.2, 0) is 11.3 Å². The average Bonchev–Trinajstić information content (AvgIpc) is 2.82. The predicted molar refractivity (Wildman–Crippen MR) is 62.1 cm³/mol. The Labute approximate surface area is 96.2 Å². The van der Waals surface area contributed by atoms with Crippen molar-refractivity contribution in [2.75, 3.05) is 32.8 Å². The van der Waals surface area contributed by atoms with Gasteiger partial charge in [-0.15, -0.1) is 0 Å². The van der Waals surface area contributed by atoms with Gasteiger partial charge in [0, 0.05) is 38.1 Å². The lowest BCUT2D eigenvalue weighted by Crippen LogP contribution is -2.46. The second-order valence-corrected chi connectivity index (χ2v) is 4.10. The molecule has 1 aliphatic heterocycles. The molecule has 1 aromatic heterocycles. The summed E-state index contributed by atoms with van der Waals surface area (Å²) in [5.74, 6) is 0. The number of nitrogens with zero attached hydrogens (tertiary/aromatic N) is 2. The summed E-state index contributed by atoms with van der Waals surface area (Å²) >= 11 is 0. The molecule has 0 aliphatic carbocycles. The molecule has 2 N–H and O–H groups in total. The highest BCUT2D eigenvalue weighted by Crippen LogP contribution is 2.03. The van der Waals surface area contributed by atoms with Crippen LogP contribution in [0.25, 0.3) is 0 Å². The van der Waals surface area contributed by atoms with Crippen molar-refractivity contribution in [3.63, 3.8) is 0 Å². The van der Waals surface area contributed by atoms with Gasteiger partial charge in [0.05, 0.1) is 12.7 Å². The van der Waals surface area contributed by atoms with E-state index in [2.05, 4.69) is 27.3 Å². The summed E-state index contributed by atoms with van der Waals surface area (Å²) in [6, 6.07) is 1.98. The minimum absolute atomic E-state index is 0.316. The Morgan fingerprint density at radius 2 is 2.62 bits per heavy atom. The van der Waals surface area contributed by atoms with E-state index in [1.807, 2.05) is 6.07 Å². The smallest absolute Gasteiger partial charge is 0.0826 e. The van der Waals surface area contributed by atoms with Crippen molar-refractivity contribution in [1.82, 2.24) is 20.4 Å². The van der Waals surface area contributed by atoms with Gasteiger partial charge < -0.3 is 10.1 Å². The normalized spacial score (nSPS) is 22.4. The van der Waals surface area contributed by atoms with Crippen LogP contribution < -0.4 is 5.32 Å². The van der Waals surface area contributed by atoms with Crippen LogP contribution in [0.15, 0.2) is 12.3 Å². The first-order valence-electron chi connectivity index (χ1n) is 5.91. The Balaban J connectivity index is 1.65. The van der Waals surface area contributed by atoms with Crippen molar-refractivity contribution >= 4 is 0 Å². The molecule has 0 amide bonds. The lowest BCUT2D eigenvalue weighted by molar-refractivity contribution is -0.0254. The van der Waals surface area contributed by atoms with Gasteiger partial charge >= 0.3 is 0 Å². The number of likely N-dealkylation sites (N-methyl/N-ethyl adjacent to an activating group) is 1. The van der Waals surface area contributed by atoms with Gasteiger partial charge in [0.25, 0.3) is 0 Å². The molecule has 1 unspecified atom stereocenters. The van der Waals surface area contributed by atoms with Crippen molar-refractivity contribution < 1.29 is 4.74 Å². The average molecular weight is 224 g/mol. The van der Waals surface area contributed by atoms with Crippen molar-refractivity contribution in [2.24, 2.45) is 0 Å². The third-order valence-electron chi connectivity index (χ3n) is 2.92. The molecule has 0 aromatic carbocycles. The van der Waals surface area contributed by atoms with Gasteiger partial charge in [0.1, 0.15) is 0 Å². The summed E-state index contributed by atoms with van der Waals surface area (Å²) in [4.78, 5) is 2.42. The SMILES string of the molecule is CCN1CCOC(CNCc2ccn[nH]2)C1. The molecule has 0 spiro atoms. The van der Waals surface area contributed by atoms with E-state index in [-0.39, 0.29) is 0 Å². The summed E-state index contributed by atoms with van der Waals surface area (Å²) in [5, 5.41) is 10.2. The zero-order valence-electron chi connectivity index (χ0n) is 9.78. The van der Waals surface area contributed by atoms with Crippen LogP contribution in [-0.4, -0.2) is 54.0 Å². The Hall–Kier alpha value is -0.910. The van der Waals surface area contributed by atoms with Crippen molar-refractivity contribution in [3.8, 4) is 0 Å². The van der Waals surface area contributed by atoms with E-state index in [1.54, 1.807) is 6.20 Å². The fraction of sp³-hybridized carbons (Fsp3) is 0.727. The highest BCUT2D eigenvalue weighted by Gasteiger charge is 2.18. The van der Waals surface area contributed by atoms with E-state index in [4.69, 9.17) is 4.74 Å². The molecule has 2 rings (SSSR count). The molecule has 90 valence electrons. The zero-order valence-corrected chi connectivity index (χ0v) is 9.78. The molecule has 16 heavy (non-hydrogen) atoms. The van der Waals surface area contributed by atoms with Gasteiger partial charge in [0.15, 0.2) is 0 Å². The second kappa shape index (κ2) is 5.98. The molecule has 5 heteroatoms. The number of nitrogens with one attached hydrogen (secondary N) is 2. The predicted octanol–water partition coefficient (Wildman–Crippen LogP) is 0.220. The van der Waals surface area contributed by atoms with Crippen molar-refractivity contribution in [2.45, 2.75) is 19.6 Å². The third-order valence-corrected chi connectivity index (χ3v) is 2.92. The number of hydrogen-bond donors (Lipinski definition) is 2. The number of H-pyrrole nitrogens is 1. The quantitative estimate of drug-likeness (QED) is 0.751. The Morgan fingerprint density at radius 3 is 3.38 bits per heavy atom. The lowest BCUT2D eigenvalue weighted by atomic mass is 10.2. The molecule has 1 saturated heterocycles. The maximum absolute atomic E-state index is 5.70. The molecule has 0 saturated carbocycles. The number of rotatable bonds is 5. The maximum Gasteiger partial charge on any atom is 0.0826 e. The molecule has 1 aliphatic rings. The summed E-state index contributed by atoms with van der Waals surface area (Å²) < 4.78 is 5.70. The van der Waals surface area contributed by atoms with Crippen LogP contribution >= 0.6 is 0 Å². The van der Waals surface area contributed by atoms with Crippen LogP contribution in [0.2, 0.25) is 0 Å². The monoisotopic (exact) mass is 224 g/mol. The Bertz CT molecular complexity index is 288. The first kappa shape index (κ1) is 11.6. The fourth-order valence-corrected chi connectivity index (χ4v) is 1.94. The van der Waals surface area contributed by atoms with Crippen LogP contribution in [0.4, 0.5) is 0 Å². The van der Waals surface area contributed by atoms with Crippen LogP contribution in [0, 0.1) is 0 Å². The van der Waals surface area contributed by atoms with Crippen molar-refractivity contribution in [1.29, 1.82) is 0 Å². The minimum atomic E-state index is 0.316. The number of hydrogen-bond acceptors (Lipinski definition) is 4. The second-order valence-electron chi connectivity index (χ2n) is 4.10. The summed E-state index contributed by atoms with van der Waals surface area (Å²) in [6.45, 7) is 7.98. The van der Waals surface area contributed by atoms with E-state index < -0.39 is 0 Å². The third kappa shape index (κ3) is 3.30. The van der Waals surface area contributed by atoms with E-state index in [0.717, 1.165) is 45.0 Å². The van der Waals surface area contributed by atoms with Gasteiger partial charge in [-0.3, -0.25) is 10.00 Å². The van der Waals surface area contributed by atoms with E-state index in [9.17, 15) is 0 Å². The molecular weight excluding hydrogens is 204 g/mol. The van der Waals surface area contributed by atoms with Gasteiger partial charge in [0.2, 0.25) is 0 Å². The maximum atomic E-state index is 5.70. The highest BCUT2D eigenvalue weighted by molar-refractivity contribution is 4.96. The van der Waals surface area contributed by atoms with E-state index in [1.165, 1.54) is 0 Å². The lowest BCUT2D eigenvalue weighted by Gasteiger charge is -2.32. The van der Waals surface area contributed by atoms with Gasteiger partial charge in [-0.2, -0.15) is 5.10 Å². The van der Waals surface area contributed by atoms with E-state index >= 15 is 0 Å². The fourth-order valence-electron chi connectivity index (χ4n) is 1.94. The van der Waals surface area contributed by atoms with Gasteiger partial charge in [-0.05, 0) is 12.6 Å². The first-order valence-corrected chi connectivity index (χ1v) is 5.91. The minimum Gasteiger partial charge on any atom is -0.374 e. The molecule has 0 bridgehead atoms. The molecule has 1 aromatic rings. The summed E-state index contributed by atoms with van der Waals surface area (Å²) in [7, 11) is 0. The molecule has 0 radical (unpaired) electrons. The Morgan fingerprint density at radius 1 is 1.69 bits per heavy atom. The Kier molecular flexibility index (Phi) is 4.33. The largest absolute Gasteiger partial charge is 0.374 e. The van der Waals surface area contributed by atoms with Crippen LogP contribution in [0.5, 0.6) is 0 Å². The number of morpholine rings is 1. The molecular formula is C11H20N4O. The van der Waals surface area contributed by atoms with Crippen LogP contribution in [0.1, 0.15) is 12.6 Å². The summed E-state index contributed by atoms with van der Waals surface area (Å²) in [6.07, 6.45) is 2.09. The first-order chi connectivity index (χ1) is 7.88. The summed E-state index contributed by atoms with van der Waals surface area (Å²) in [5.41, 5.74) is 1.11. The standard InChI is InChI=1S/C11H20N4O/c1-2-15-5-6-16-11(9-15)8-12-7-10-3-4-13-14-10/h3-4,11-12H,2,5-9H2,1H3,(H,13,14). The number of aromatic amines is 1. The van der Waals surface area contributed by atoms with Crippen LogP contribution in [0.3, 0.4) is 0 Å². The van der Waals surface area contributed by atoms with Gasteiger partial charge in [-0.1, -0.05) is 6.92 Å². The molecule has 1 fully saturated rings. The molecule has 1 atom stereocenters. The topological polar surface area (TPSA) is 53.2 Å².